The molecule has 0 saturated carbocycles. The molecule has 9 heteroatoms. The number of hydrogen-bond acceptors (Lipinski definition) is 5. The molecule has 0 atom stereocenters. The first kappa shape index (κ1) is 15.3. The summed E-state index contributed by atoms with van der Waals surface area (Å²) in [5.74, 6) is 3.54. The van der Waals surface area contributed by atoms with Crippen LogP contribution in [0.2, 0.25) is 5.02 Å². The van der Waals surface area contributed by atoms with Crippen molar-refractivity contribution in [2.45, 2.75) is 13.1 Å². The Morgan fingerprint density at radius 1 is 1.24 bits per heavy atom. The second-order valence-corrected chi connectivity index (χ2v) is 4.48. The number of aromatic nitrogens is 2. The van der Waals surface area contributed by atoms with Gasteiger partial charge in [0.15, 0.2) is 0 Å². The zero-order valence-electron chi connectivity index (χ0n) is 10.7. The van der Waals surface area contributed by atoms with Crippen LogP contribution in [0.3, 0.4) is 0 Å². The number of ether oxygens (including phenoxy) is 1. The summed E-state index contributed by atoms with van der Waals surface area (Å²) in [6.45, 7) is 1.74. The SMILES string of the molecule is Cc1cc(Oc2cc(NN)nc(C(F)(F)F)n2)ccc1Cl. The lowest BCUT2D eigenvalue weighted by atomic mass is 10.2. The quantitative estimate of drug-likeness (QED) is 0.669. The summed E-state index contributed by atoms with van der Waals surface area (Å²) in [4.78, 5) is 6.54. The van der Waals surface area contributed by atoms with E-state index in [4.69, 9.17) is 22.2 Å². The fraction of sp³-hybridized carbons (Fsp3) is 0.167. The van der Waals surface area contributed by atoms with Crippen LogP contribution in [-0.2, 0) is 6.18 Å². The second-order valence-electron chi connectivity index (χ2n) is 4.07. The lowest BCUT2D eigenvalue weighted by Gasteiger charge is -2.11. The molecule has 1 heterocycles. The highest BCUT2D eigenvalue weighted by Gasteiger charge is 2.35. The van der Waals surface area contributed by atoms with Crippen LogP contribution in [-0.4, -0.2) is 9.97 Å². The standard InChI is InChI=1S/C12H10ClF3N4O/c1-6-4-7(2-3-8(6)13)21-10-5-9(20-17)18-11(19-10)12(14,15)16/h2-5H,17H2,1H3,(H,18,19,20). The lowest BCUT2D eigenvalue weighted by Crippen LogP contribution is -2.16. The molecule has 0 aliphatic carbocycles. The van der Waals surface area contributed by atoms with Crippen LogP contribution in [0.25, 0.3) is 0 Å². The molecule has 112 valence electrons. The number of nitrogen functional groups attached to an aromatic ring is 1. The maximum Gasteiger partial charge on any atom is 0.451 e. The van der Waals surface area contributed by atoms with Gasteiger partial charge in [-0.05, 0) is 30.7 Å². The highest BCUT2D eigenvalue weighted by Crippen LogP contribution is 2.31. The molecule has 2 rings (SSSR count). The van der Waals surface area contributed by atoms with Gasteiger partial charge >= 0.3 is 6.18 Å². The number of hydrazine groups is 1. The van der Waals surface area contributed by atoms with Gasteiger partial charge in [-0.3, -0.25) is 0 Å². The van der Waals surface area contributed by atoms with E-state index in [0.29, 0.717) is 10.8 Å². The van der Waals surface area contributed by atoms with E-state index in [-0.39, 0.29) is 11.7 Å². The number of nitrogens with one attached hydrogen (secondary N) is 1. The number of anilines is 1. The minimum atomic E-state index is -4.71. The van der Waals surface area contributed by atoms with Crippen LogP contribution in [0.15, 0.2) is 24.3 Å². The van der Waals surface area contributed by atoms with Crippen molar-refractivity contribution in [2.24, 2.45) is 5.84 Å². The molecule has 0 aliphatic rings. The molecule has 5 nitrogen and oxygen atoms in total. The predicted octanol–water partition coefficient (Wildman–Crippen LogP) is 3.54. The minimum absolute atomic E-state index is 0.210. The Bertz CT molecular complexity index is 663. The molecule has 1 aromatic carbocycles. The van der Waals surface area contributed by atoms with Crippen molar-refractivity contribution in [3.8, 4) is 11.6 Å². The minimum Gasteiger partial charge on any atom is -0.439 e. The van der Waals surface area contributed by atoms with E-state index in [9.17, 15) is 13.2 Å². The van der Waals surface area contributed by atoms with Gasteiger partial charge in [-0.1, -0.05) is 11.6 Å². The Balaban J connectivity index is 2.36. The number of benzene rings is 1. The molecule has 0 aliphatic heterocycles. The van der Waals surface area contributed by atoms with Crippen molar-refractivity contribution in [3.63, 3.8) is 0 Å². The van der Waals surface area contributed by atoms with Gasteiger partial charge in [-0.15, -0.1) is 0 Å². The predicted molar refractivity (Wildman–Crippen MR) is 71.1 cm³/mol. The highest BCUT2D eigenvalue weighted by atomic mass is 35.5. The summed E-state index contributed by atoms with van der Waals surface area (Å²) in [6.07, 6.45) is -4.71. The van der Waals surface area contributed by atoms with Crippen LogP contribution in [0.4, 0.5) is 19.0 Å². The largest absolute Gasteiger partial charge is 0.451 e. The number of aryl methyl sites for hydroxylation is 1. The molecule has 0 spiro atoms. The van der Waals surface area contributed by atoms with E-state index in [2.05, 4.69) is 9.97 Å². The zero-order chi connectivity index (χ0) is 15.6. The molecule has 0 fully saturated rings. The summed E-state index contributed by atoms with van der Waals surface area (Å²) in [5, 5.41) is 0.519. The molecule has 0 amide bonds. The lowest BCUT2D eigenvalue weighted by molar-refractivity contribution is -0.145. The van der Waals surface area contributed by atoms with E-state index >= 15 is 0 Å². The number of rotatable bonds is 3. The Morgan fingerprint density at radius 2 is 1.95 bits per heavy atom. The van der Waals surface area contributed by atoms with E-state index < -0.39 is 12.0 Å². The maximum atomic E-state index is 12.7. The molecule has 3 N–H and O–H groups in total. The fourth-order valence-corrected chi connectivity index (χ4v) is 1.60. The Kier molecular flexibility index (Phi) is 4.19. The van der Waals surface area contributed by atoms with Gasteiger partial charge in [0.25, 0.3) is 0 Å². The van der Waals surface area contributed by atoms with Crippen molar-refractivity contribution in [3.05, 3.63) is 40.7 Å². The van der Waals surface area contributed by atoms with Crippen molar-refractivity contribution < 1.29 is 17.9 Å². The topological polar surface area (TPSA) is 73.1 Å². The van der Waals surface area contributed by atoms with Crippen molar-refractivity contribution in [1.82, 2.24) is 9.97 Å². The van der Waals surface area contributed by atoms with Gasteiger partial charge in [0.1, 0.15) is 11.6 Å². The summed E-state index contributed by atoms with van der Waals surface area (Å²) < 4.78 is 43.3. The van der Waals surface area contributed by atoms with E-state index in [1.54, 1.807) is 19.1 Å². The molecule has 0 saturated heterocycles. The summed E-state index contributed by atoms with van der Waals surface area (Å²) >= 11 is 5.86. The summed E-state index contributed by atoms with van der Waals surface area (Å²) in [5.41, 5.74) is 2.75. The van der Waals surface area contributed by atoms with Crippen LogP contribution >= 0.6 is 11.6 Å². The van der Waals surface area contributed by atoms with Gasteiger partial charge in [0, 0.05) is 11.1 Å². The molecule has 2 aromatic rings. The molecular formula is C12H10ClF3N4O. The van der Waals surface area contributed by atoms with Crippen molar-refractivity contribution in [1.29, 1.82) is 0 Å². The average Bonchev–Trinajstić information content (AvgIpc) is 2.41. The molecule has 0 unspecified atom stereocenters. The third-order valence-corrected chi connectivity index (χ3v) is 2.88. The number of alkyl halides is 3. The second kappa shape index (κ2) is 5.74. The number of nitrogens with zero attached hydrogens (tertiary/aromatic N) is 2. The molecule has 0 bridgehead atoms. The van der Waals surface area contributed by atoms with Crippen molar-refractivity contribution in [2.75, 3.05) is 5.43 Å². The third kappa shape index (κ3) is 3.73. The van der Waals surface area contributed by atoms with Crippen LogP contribution < -0.4 is 16.0 Å². The fourth-order valence-electron chi connectivity index (χ4n) is 1.48. The maximum absolute atomic E-state index is 12.7. The first-order chi connectivity index (χ1) is 9.79. The van der Waals surface area contributed by atoms with E-state index in [0.717, 1.165) is 11.6 Å². The van der Waals surface area contributed by atoms with Crippen LogP contribution in [0.5, 0.6) is 11.6 Å². The van der Waals surface area contributed by atoms with Gasteiger partial charge in [0.05, 0.1) is 0 Å². The summed E-state index contributed by atoms with van der Waals surface area (Å²) in [7, 11) is 0. The Hall–Kier alpha value is -2.06. The average molecular weight is 319 g/mol. The van der Waals surface area contributed by atoms with Gasteiger partial charge in [0.2, 0.25) is 11.7 Å². The third-order valence-electron chi connectivity index (χ3n) is 2.46. The number of nitrogens with two attached hydrogens (primary N) is 1. The normalized spacial score (nSPS) is 11.3. The van der Waals surface area contributed by atoms with E-state index in [1.807, 2.05) is 5.43 Å². The van der Waals surface area contributed by atoms with Gasteiger partial charge in [-0.25, -0.2) is 10.8 Å². The van der Waals surface area contributed by atoms with Crippen LogP contribution in [0.1, 0.15) is 11.4 Å². The van der Waals surface area contributed by atoms with Crippen LogP contribution in [0, 0.1) is 6.92 Å². The molecule has 0 radical (unpaired) electrons. The molecule has 21 heavy (non-hydrogen) atoms. The summed E-state index contributed by atoms with van der Waals surface area (Å²) in [6, 6.07) is 5.81. The smallest absolute Gasteiger partial charge is 0.439 e. The first-order valence-electron chi connectivity index (χ1n) is 5.66. The highest BCUT2D eigenvalue weighted by molar-refractivity contribution is 6.31. The Morgan fingerprint density at radius 3 is 2.52 bits per heavy atom. The van der Waals surface area contributed by atoms with Gasteiger partial charge < -0.3 is 10.2 Å². The number of halogens is 4. The molecular weight excluding hydrogens is 309 g/mol. The van der Waals surface area contributed by atoms with Crippen molar-refractivity contribution >= 4 is 17.4 Å². The van der Waals surface area contributed by atoms with Gasteiger partial charge in [-0.2, -0.15) is 18.2 Å². The zero-order valence-corrected chi connectivity index (χ0v) is 11.5. The number of hydrogen-bond donors (Lipinski definition) is 2. The Labute approximate surface area is 122 Å². The first-order valence-corrected chi connectivity index (χ1v) is 6.04. The van der Waals surface area contributed by atoms with E-state index in [1.165, 1.54) is 6.07 Å². The molecule has 1 aromatic heterocycles. The monoisotopic (exact) mass is 318 g/mol.